The van der Waals surface area contributed by atoms with Gasteiger partial charge in [-0.05, 0) is 71.3 Å². The van der Waals surface area contributed by atoms with Crippen LogP contribution in [-0.4, -0.2) is 93.0 Å². The number of hydrogen-bond acceptors (Lipinski definition) is 4. The summed E-state index contributed by atoms with van der Waals surface area (Å²) in [4.78, 5) is 11.0. The zero-order chi connectivity index (χ0) is 46.2. The molecule has 12 rings (SSSR count). The van der Waals surface area contributed by atoms with Gasteiger partial charge in [0.1, 0.15) is 101 Å². The van der Waals surface area contributed by atoms with Crippen molar-refractivity contribution in [2.24, 2.45) is 0 Å². The van der Waals surface area contributed by atoms with E-state index >= 15 is 0 Å². The zero-order valence-electron chi connectivity index (χ0n) is 39.8. The molecule has 4 heterocycles. The van der Waals surface area contributed by atoms with Gasteiger partial charge in [0.2, 0.25) is 0 Å². The summed E-state index contributed by atoms with van der Waals surface area (Å²) >= 11 is 0. The number of para-hydroxylation sites is 2. The van der Waals surface area contributed by atoms with Crippen LogP contribution in [-0.2, 0) is 0 Å². The SMILES string of the molecule is Bc1c(B)c(B)c(-c2cc(-c3cccc4oc5ccc(-c6cccc7oc8cc(-n9c%10ccccc%10c%10ccccc%109)ccc8c67)cc5c34)nc(-c3c(B)c(B)c(B)c(B)c3B)n2)c(B)c1B. The lowest BCUT2D eigenvalue weighted by Gasteiger charge is -2.22. The van der Waals surface area contributed by atoms with Crippen LogP contribution >= 0.6 is 0 Å². The summed E-state index contributed by atoms with van der Waals surface area (Å²) in [7, 11) is 22.3. The van der Waals surface area contributed by atoms with E-state index in [-0.39, 0.29) is 0 Å². The second kappa shape index (κ2) is 15.2. The molecular weight excluding hydrogens is 807 g/mol. The summed E-state index contributed by atoms with van der Waals surface area (Å²) in [5.41, 5.74) is 26.8. The molecule has 0 unspecified atom stereocenters. The first-order valence-corrected chi connectivity index (χ1v) is 23.3. The molecule has 8 aromatic carbocycles. The van der Waals surface area contributed by atoms with E-state index in [0.29, 0.717) is 0 Å². The molecule has 0 amide bonds. The fourth-order valence-electron chi connectivity index (χ4n) is 11.1. The van der Waals surface area contributed by atoms with Gasteiger partial charge in [0.05, 0.1) is 22.4 Å². The Morgan fingerprint density at radius 1 is 0.358 bits per heavy atom. The average Bonchev–Trinajstić information content (AvgIpc) is 4.03. The van der Waals surface area contributed by atoms with Crippen LogP contribution in [0.5, 0.6) is 0 Å². The molecular formula is C52H41B10N3O2. The highest BCUT2D eigenvalue weighted by Crippen LogP contribution is 2.42. The van der Waals surface area contributed by atoms with E-state index in [4.69, 9.17) is 18.8 Å². The normalized spacial score (nSPS) is 11.9. The Balaban J connectivity index is 1.06. The summed E-state index contributed by atoms with van der Waals surface area (Å²) in [6.07, 6.45) is 0. The lowest BCUT2D eigenvalue weighted by molar-refractivity contribution is 0.668. The monoisotopic (exact) mass is 849 g/mol. The fraction of sp³-hybridized carbons (Fsp3) is 0. The molecule has 0 aliphatic carbocycles. The summed E-state index contributed by atoms with van der Waals surface area (Å²) < 4.78 is 15.8. The quantitative estimate of drug-likeness (QED) is 0.170. The van der Waals surface area contributed by atoms with Crippen molar-refractivity contribution in [2.45, 2.75) is 0 Å². The number of fused-ring (bicyclic) bond motifs is 9. The fourth-order valence-corrected chi connectivity index (χ4v) is 11.1. The van der Waals surface area contributed by atoms with Crippen molar-refractivity contribution in [3.8, 4) is 50.7 Å². The molecule has 15 heteroatoms. The van der Waals surface area contributed by atoms with Crippen molar-refractivity contribution in [1.82, 2.24) is 14.5 Å². The van der Waals surface area contributed by atoms with Crippen molar-refractivity contribution in [2.75, 3.05) is 0 Å². The number of aromatic nitrogens is 3. The van der Waals surface area contributed by atoms with Gasteiger partial charge in [-0.1, -0.05) is 88.6 Å². The van der Waals surface area contributed by atoms with Crippen LogP contribution in [0.3, 0.4) is 0 Å². The molecule has 0 aliphatic heterocycles. The van der Waals surface area contributed by atoms with Crippen LogP contribution < -0.4 is 54.6 Å². The minimum Gasteiger partial charge on any atom is -0.456 e. The maximum atomic E-state index is 6.72. The second-order valence-electron chi connectivity index (χ2n) is 18.8. The average molecular weight is 848 g/mol. The topological polar surface area (TPSA) is 57.0 Å². The van der Waals surface area contributed by atoms with Gasteiger partial charge in [0, 0.05) is 55.2 Å². The second-order valence-corrected chi connectivity index (χ2v) is 18.8. The van der Waals surface area contributed by atoms with Crippen LogP contribution in [0.4, 0.5) is 0 Å². The minimum absolute atomic E-state index is 0.744. The highest BCUT2D eigenvalue weighted by molar-refractivity contribution is 6.70. The van der Waals surface area contributed by atoms with Crippen molar-refractivity contribution in [3.05, 3.63) is 127 Å². The number of furan rings is 2. The van der Waals surface area contributed by atoms with E-state index in [1.54, 1.807) is 0 Å². The van der Waals surface area contributed by atoms with E-state index in [9.17, 15) is 0 Å². The molecule has 0 saturated carbocycles. The number of nitrogens with zero attached hydrogens (tertiary/aromatic N) is 3. The molecule has 0 saturated heterocycles. The van der Waals surface area contributed by atoms with Crippen molar-refractivity contribution in [1.29, 1.82) is 0 Å². The molecule has 5 nitrogen and oxygen atoms in total. The molecule has 306 valence electrons. The third-order valence-corrected chi connectivity index (χ3v) is 15.6. The molecule has 0 radical (unpaired) electrons. The van der Waals surface area contributed by atoms with Crippen molar-refractivity contribution in [3.63, 3.8) is 0 Å². The van der Waals surface area contributed by atoms with E-state index in [1.165, 1.54) is 82.0 Å². The van der Waals surface area contributed by atoms with Crippen LogP contribution in [0.2, 0.25) is 0 Å². The molecule has 0 spiro atoms. The smallest absolute Gasteiger partial charge is 0.159 e. The van der Waals surface area contributed by atoms with E-state index in [1.807, 2.05) is 0 Å². The van der Waals surface area contributed by atoms with Gasteiger partial charge in [-0.3, -0.25) is 0 Å². The first-order chi connectivity index (χ1) is 32.4. The van der Waals surface area contributed by atoms with Gasteiger partial charge in [0.15, 0.2) is 5.82 Å². The highest BCUT2D eigenvalue weighted by atomic mass is 16.3. The van der Waals surface area contributed by atoms with E-state index in [2.05, 4.69) is 210 Å². The highest BCUT2D eigenvalue weighted by Gasteiger charge is 2.23. The number of benzene rings is 8. The lowest BCUT2D eigenvalue weighted by atomic mass is 9.60. The van der Waals surface area contributed by atoms with Gasteiger partial charge < -0.3 is 13.4 Å². The van der Waals surface area contributed by atoms with Crippen molar-refractivity contribution < 1.29 is 8.83 Å². The van der Waals surface area contributed by atoms with E-state index < -0.39 is 0 Å². The molecule has 67 heavy (non-hydrogen) atoms. The standard InChI is InChI=1S/C52H41B10N3O2/c53-42-40(43(54)47(58)50(61)46(42)57)31-21-30(63-52(64-31)41-44(55)48(59)51(62)49(60)45(41)56)27-10-6-14-36-39(27)29-19-22(15-18-34(29)66-36)24-9-5-13-35-38(24)28-17-16-23(20-37(28)67-35)65-32-11-3-1-7-25(32)26-8-2-4-12-33(26)65/h1-21H,53-62H2. The summed E-state index contributed by atoms with van der Waals surface area (Å²) in [5.74, 6) is 0.744. The first kappa shape index (κ1) is 41.3. The van der Waals surface area contributed by atoms with Crippen LogP contribution in [0, 0.1) is 0 Å². The van der Waals surface area contributed by atoms with Crippen molar-refractivity contribution >= 4 is 199 Å². The summed E-state index contributed by atoms with van der Waals surface area (Å²) in [6.45, 7) is 0. The van der Waals surface area contributed by atoms with Gasteiger partial charge in [-0.25, -0.2) is 9.97 Å². The summed E-state index contributed by atoms with van der Waals surface area (Å²) in [6, 6.07) is 45.4. The molecule has 12 aromatic rings. The number of rotatable bonds is 5. The molecule has 0 N–H and O–H groups in total. The molecule has 0 atom stereocenters. The van der Waals surface area contributed by atoms with Gasteiger partial charge in [-0.15, -0.1) is 32.8 Å². The largest absolute Gasteiger partial charge is 0.456 e. The zero-order valence-corrected chi connectivity index (χ0v) is 39.8. The Hall–Kier alpha value is -7.11. The van der Waals surface area contributed by atoms with Crippen LogP contribution in [0.15, 0.2) is 136 Å². The molecule has 4 aromatic heterocycles. The first-order valence-electron chi connectivity index (χ1n) is 23.3. The Labute approximate surface area is 398 Å². The van der Waals surface area contributed by atoms with Crippen LogP contribution in [0.25, 0.3) is 116 Å². The van der Waals surface area contributed by atoms with Gasteiger partial charge in [0.25, 0.3) is 0 Å². The molecule has 0 aliphatic rings. The minimum atomic E-state index is 0.744. The van der Waals surface area contributed by atoms with E-state index in [0.717, 1.165) is 89.0 Å². The van der Waals surface area contributed by atoms with Gasteiger partial charge >= 0.3 is 0 Å². The summed E-state index contributed by atoms with van der Waals surface area (Å²) in [5, 5.41) is 6.70. The lowest BCUT2D eigenvalue weighted by Crippen LogP contribution is -2.55. The van der Waals surface area contributed by atoms with Crippen LogP contribution in [0.1, 0.15) is 0 Å². The number of hydrogen-bond donors (Lipinski definition) is 0. The Morgan fingerprint density at radius 3 is 1.51 bits per heavy atom. The Morgan fingerprint density at radius 2 is 0.881 bits per heavy atom. The maximum absolute atomic E-state index is 6.72. The third kappa shape index (κ3) is 6.09. The molecule has 0 fully saturated rings. The Bertz CT molecular complexity index is 3940. The molecule has 0 bridgehead atoms. The third-order valence-electron chi connectivity index (χ3n) is 15.6. The van der Waals surface area contributed by atoms with Gasteiger partial charge in [-0.2, -0.15) is 0 Å². The maximum Gasteiger partial charge on any atom is 0.159 e. The Kier molecular flexibility index (Phi) is 9.39. The predicted molar refractivity (Wildman–Crippen MR) is 314 cm³/mol. The predicted octanol–water partition coefficient (Wildman–Crippen LogP) is -3.38.